The average Bonchev–Trinajstić information content (AvgIpc) is 2.01. The summed E-state index contributed by atoms with van der Waals surface area (Å²) in [6.45, 7) is 5.94. The van der Waals surface area contributed by atoms with E-state index in [1.807, 2.05) is 20.8 Å². The Morgan fingerprint density at radius 1 is 1.17 bits per heavy atom. The highest BCUT2D eigenvalue weighted by molar-refractivity contribution is 4.85. The maximum Gasteiger partial charge on any atom is 0.0792 e. The molecular weight excluding hydrogens is 158 g/mol. The van der Waals surface area contributed by atoms with E-state index in [0.29, 0.717) is 0 Å². The molecule has 1 unspecified atom stereocenters. The Morgan fingerprint density at radius 2 is 1.50 bits per heavy atom. The molecule has 7 N–H and O–H groups in total. The molecule has 0 bridgehead atoms. The van der Waals surface area contributed by atoms with Crippen LogP contribution in [0.4, 0.5) is 0 Å². The lowest BCUT2D eigenvalue weighted by atomic mass is 9.88. The van der Waals surface area contributed by atoms with E-state index in [9.17, 15) is 5.11 Å². The fraction of sp³-hybridized carbons (Fsp3) is 1.00. The minimum atomic E-state index is -0.630. The summed E-state index contributed by atoms with van der Waals surface area (Å²) in [4.78, 5) is 0. The number of rotatable bonds is 4. The summed E-state index contributed by atoms with van der Waals surface area (Å²) in [6, 6.07) is -0.0671. The Morgan fingerprint density at radius 3 is 1.58 bits per heavy atom. The van der Waals surface area contributed by atoms with Crippen molar-refractivity contribution in [2.75, 3.05) is 0 Å². The van der Waals surface area contributed by atoms with Gasteiger partial charge in [0.15, 0.2) is 0 Å². The molecule has 0 aliphatic heterocycles. The molecule has 0 aromatic rings. The lowest BCUT2D eigenvalue weighted by molar-refractivity contribution is 0.00543. The monoisotopic (exact) mass is 181 g/mol. The first kappa shape index (κ1) is 17.8. The van der Waals surface area contributed by atoms with E-state index in [1.54, 1.807) is 0 Å². The Kier molecular flexibility index (Phi) is 11.1. The minimum Gasteiger partial charge on any atom is -0.412 e. The van der Waals surface area contributed by atoms with Gasteiger partial charge < -0.3 is 21.8 Å². The summed E-state index contributed by atoms with van der Waals surface area (Å²) >= 11 is 0. The van der Waals surface area contributed by atoms with Gasteiger partial charge in [-0.25, -0.2) is 0 Å². The van der Waals surface area contributed by atoms with Gasteiger partial charge in [-0.2, -0.15) is 0 Å². The van der Waals surface area contributed by atoms with Gasteiger partial charge in [0.25, 0.3) is 0 Å². The molecule has 1 atom stereocenters. The van der Waals surface area contributed by atoms with Crippen LogP contribution < -0.4 is 5.73 Å². The summed E-state index contributed by atoms with van der Waals surface area (Å²) in [6.07, 6.45) is 2.34. The summed E-state index contributed by atoms with van der Waals surface area (Å²) in [5.41, 5.74) is 5.09. The lowest BCUT2D eigenvalue weighted by Gasteiger charge is -2.31. The second-order valence-electron chi connectivity index (χ2n) is 2.83. The molecule has 0 saturated heterocycles. The van der Waals surface area contributed by atoms with Crippen molar-refractivity contribution in [3.63, 3.8) is 0 Å². The van der Waals surface area contributed by atoms with Gasteiger partial charge in [0.2, 0.25) is 0 Å². The maximum absolute atomic E-state index is 9.77. The van der Waals surface area contributed by atoms with Crippen LogP contribution in [0.5, 0.6) is 0 Å². The van der Waals surface area contributed by atoms with Crippen molar-refractivity contribution in [3.8, 4) is 0 Å². The Bertz CT molecular complexity index is 94.3. The van der Waals surface area contributed by atoms with Gasteiger partial charge in [0, 0.05) is 6.04 Å². The second-order valence-corrected chi connectivity index (χ2v) is 2.83. The van der Waals surface area contributed by atoms with Crippen LogP contribution >= 0.6 is 0 Å². The molecule has 0 amide bonds. The standard InChI is InChI=1S/C8H19NO.2H2O/c1-4-7(9)8(10,5-2)6-3;;/h7,10H,4-6,9H2,1-3H3;2*1H2. The first-order chi connectivity index (χ1) is 4.60. The molecule has 78 valence electrons. The number of aliphatic hydroxyl groups is 1. The van der Waals surface area contributed by atoms with Gasteiger partial charge in [-0.3, -0.25) is 0 Å². The average molecular weight is 181 g/mol. The fourth-order valence-corrected chi connectivity index (χ4v) is 1.15. The Labute approximate surface area is 74.4 Å². The van der Waals surface area contributed by atoms with Crippen LogP contribution in [0.2, 0.25) is 0 Å². The zero-order chi connectivity index (χ0) is 8.20. The van der Waals surface area contributed by atoms with E-state index in [2.05, 4.69) is 0 Å². The molecule has 4 heteroatoms. The molecule has 0 aliphatic rings. The SMILES string of the molecule is CCC(N)C(O)(CC)CC.O.O. The zero-order valence-corrected chi connectivity index (χ0v) is 8.22. The molecule has 4 nitrogen and oxygen atoms in total. The van der Waals surface area contributed by atoms with E-state index in [4.69, 9.17) is 5.73 Å². The molecule has 12 heavy (non-hydrogen) atoms. The summed E-state index contributed by atoms with van der Waals surface area (Å²) < 4.78 is 0. The van der Waals surface area contributed by atoms with Crippen LogP contribution in [0, 0.1) is 0 Å². The quantitative estimate of drug-likeness (QED) is 0.616. The summed E-state index contributed by atoms with van der Waals surface area (Å²) in [5, 5.41) is 9.77. The number of hydrogen-bond donors (Lipinski definition) is 2. The highest BCUT2D eigenvalue weighted by atomic mass is 16.3. The normalized spacial score (nSPS) is 12.8. The van der Waals surface area contributed by atoms with E-state index in [0.717, 1.165) is 19.3 Å². The van der Waals surface area contributed by atoms with E-state index < -0.39 is 5.60 Å². The first-order valence-electron chi connectivity index (χ1n) is 4.08. The van der Waals surface area contributed by atoms with Crippen LogP contribution in [0.3, 0.4) is 0 Å². The van der Waals surface area contributed by atoms with Crippen molar-refractivity contribution in [1.82, 2.24) is 0 Å². The molecule has 0 aliphatic carbocycles. The largest absolute Gasteiger partial charge is 0.412 e. The molecule has 0 radical (unpaired) electrons. The molecule has 0 heterocycles. The highest BCUT2D eigenvalue weighted by Crippen LogP contribution is 2.19. The molecule has 0 rings (SSSR count). The van der Waals surface area contributed by atoms with Gasteiger partial charge in [-0.1, -0.05) is 20.8 Å². The van der Waals surface area contributed by atoms with Crippen LogP contribution in [0.1, 0.15) is 40.0 Å². The third-order valence-corrected chi connectivity index (χ3v) is 2.35. The maximum atomic E-state index is 9.77. The Balaban J connectivity index is -0.000000405. The highest BCUT2D eigenvalue weighted by Gasteiger charge is 2.28. The fourth-order valence-electron chi connectivity index (χ4n) is 1.15. The van der Waals surface area contributed by atoms with Gasteiger partial charge in [-0.05, 0) is 19.3 Å². The third kappa shape index (κ3) is 4.01. The lowest BCUT2D eigenvalue weighted by Crippen LogP contribution is -2.46. The van der Waals surface area contributed by atoms with Gasteiger partial charge in [0.1, 0.15) is 0 Å². The predicted octanol–water partition coefficient (Wildman–Crippen LogP) is -0.375. The molecule has 0 saturated carbocycles. The minimum absolute atomic E-state index is 0. The Hall–Kier alpha value is -0.160. The first-order valence-corrected chi connectivity index (χ1v) is 4.08. The van der Waals surface area contributed by atoms with E-state index in [1.165, 1.54) is 0 Å². The third-order valence-electron chi connectivity index (χ3n) is 2.35. The topological polar surface area (TPSA) is 109 Å². The van der Waals surface area contributed by atoms with Crippen molar-refractivity contribution in [3.05, 3.63) is 0 Å². The smallest absolute Gasteiger partial charge is 0.0792 e. The van der Waals surface area contributed by atoms with Crippen molar-refractivity contribution >= 4 is 0 Å². The van der Waals surface area contributed by atoms with Crippen LogP contribution in [0.15, 0.2) is 0 Å². The second kappa shape index (κ2) is 7.49. The summed E-state index contributed by atoms with van der Waals surface area (Å²) in [7, 11) is 0. The van der Waals surface area contributed by atoms with Gasteiger partial charge in [-0.15, -0.1) is 0 Å². The number of hydrogen-bond acceptors (Lipinski definition) is 2. The van der Waals surface area contributed by atoms with Crippen molar-refractivity contribution < 1.29 is 16.1 Å². The van der Waals surface area contributed by atoms with E-state index in [-0.39, 0.29) is 17.0 Å². The predicted molar refractivity (Wildman–Crippen MR) is 51.0 cm³/mol. The zero-order valence-electron chi connectivity index (χ0n) is 8.22. The van der Waals surface area contributed by atoms with Crippen molar-refractivity contribution in [1.29, 1.82) is 0 Å². The molecule has 0 aromatic heterocycles. The molecule has 0 aromatic carbocycles. The van der Waals surface area contributed by atoms with Crippen LogP contribution in [-0.2, 0) is 0 Å². The summed E-state index contributed by atoms with van der Waals surface area (Å²) in [5.74, 6) is 0. The van der Waals surface area contributed by atoms with E-state index >= 15 is 0 Å². The van der Waals surface area contributed by atoms with Gasteiger partial charge >= 0.3 is 0 Å². The molecule has 0 fully saturated rings. The number of nitrogens with two attached hydrogens (primary N) is 1. The van der Waals surface area contributed by atoms with Crippen LogP contribution in [-0.4, -0.2) is 27.7 Å². The van der Waals surface area contributed by atoms with Crippen molar-refractivity contribution in [2.24, 2.45) is 5.73 Å². The molecule has 0 spiro atoms. The van der Waals surface area contributed by atoms with Gasteiger partial charge in [0.05, 0.1) is 5.60 Å². The molecular formula is C8H23NO3. The van der Waals surface area contributed by atoms with Crippen LogP contribution in [0.25, 0.3) is 0 Å². The van der Waals surface area contributed by atoms with Crippen molar-refractivity contribution in [2.45, 2.75) is 51.7 Å².